The van der Waals surface area contributed by atoms with E-state index in [4.69, 9.17) is 11.6 Å². The van der Waals surface area contributed by atoms with Gasteiger partial charge in [-0.25, -0.2) is 4.39 Å². The van der Waals surface area contributed by atoms with Gasteiger partial charge in [0.1, 0.15) is 5.82 Å². The van der Waals surface area contributed by atoms with E-state index in [1.165, 1.54) is 24.6 Å². The smallest absolute Gasteiger partial charge is 0.238 e. The van der Waals surface area contributed by atoms with E-state index in [0.717, 1.165) is 19.4 Å². The molecule has 0 radical (unpaired) electrons. The van der Waals surface area contributed by atoms with Crippen molar-refractivity contribution in [1.82, 2.24) is 4.90 Å². The van der Waals surface area contributed by atoms with Crippen LogP contribution in [0.4, 0.5) is 10.1 Å². The van der Waals surface area contributed by atoms with Crippen molar-refractivity contribution in [2.24, 2.45) is 0 Å². The molecule has 0 aliphatic carbocycles. The average molecular weight is 285 g/mol. The number of carbonyl (C=O) groups is 1. The Labute approximate surface area is 117 Å². The molecule has 0 aromatic heterocycles. The molecule has 1 N–H and O–H groups in total. The van der Waals surface area contributed by atoms with Crippen LogP contribution in [0.3, 0.4) is 0 Å². The largest absolute Gasteiger partial charge is 0.325 e. The third-order valence-electron chi connectivity index (χ3n) is 3.49. The molecule has 1 aliphatic rings. The zero-order valence-corrected chi connectivity index (χ0v) is 11.7. The third kappa shape index (κ3) is 3.91. The molecule has 1 amide bonds. The van der Waals surface area contributed by atoms with Crippen molar-refractivity contribution in [2.45, 2.75) is 32.2 Å². The van der Waals surface area contributed by atoms with Crippen LogP contribution in [0.1, 0.15) is 26.2 Å². The number of nitrogens with one attached hydrogen (secondary N) is 1. The Balaban J connectivity index is 1.91. The lowest BCUT2D eigenvalue weighted by Gasteiger charge is -2.32. The summed E-state index contributed by atoms with van der Waals surface area (Å²) in [5.74, 6) is -0.569. The van der Waals surface area contributed by atoms with Gasteiger partial charge in [-0.05, 0) is 44.5 Å². The minimum absolute atomic E-state index is 0.0177. The van der Waals surface area contributed by atoms with Gasteiger partial charge in [0.25, 0.3) is 0 Å². The van der Waals surface area contributed by atoms with Gasteiger partial charge in [-0.15, -0.1) is 0 Å². The van der Waals surface area contributed by atoms with Crippen LogP contribution in [0.5, 0.6) is 0 Å². The lowest BCUT2D eigenvalue weighted by atomic mass is 10.0. The average Bonchev–Trinajstić information content (AvgIpc) is 2.37. The number of halogens is 2. The summed E-state index contributed by atoms with van der Waals surface area (Å²) in [4.78, 5) is 14.1. The number of benzene rings is 1. The van der Waals surface area contributed by atoms with Crippen LogP contribution >= 0.6 is 11.6 Å². The molecule has 1 atom stereocenters. The van der Waals surface area contributed by atoms with Crippen molar-refractivity contribution >= 4 is 23.2 Å². The van der Waals surface area contributed by atoms with Gasteiger partial charge in [-0.2, -0.15) is 0 Å². The topological polar surface area (TPSA) is 32.3 Å². The highest BCUT2D eigenvalue weighted by atomic mass is 35.5. The summed E-state index contributed by atoms with van der Waals surface area (Å²) in [6, 6.07) is 4.63. The summed E-state index contributed by atoms with van der Waals surface area (Å²) < 4.78 is 13.0. The third-order valence-corrected chi connectivity index (χ3v) is 3.78. The van der Waals surface area contributed by atoms with E-state index in [1.54, 1.807) is 0 Å². The molecule has 1 aromatic carbocycles. The summed E-state index contributed by atoms with van der Waals surface area (Å²) in [7, 11) is 0. The Morgan fingerprint density at radius 3 is 3.00 bits per heavy atom. The fourth-order valence-electron chi connectivity index (χ4n) is 2.35. The lowest BCUT2D eigenvalue weighted by molar-refractivity contribution is -0.118. The van der Waals surface area contributed by atoms with E-state index in [9.17, 15) is 9.18 Å². The molecular formula is C14H18ClFN2O. The van der Waals surface area contributed by atoms with E-state index in [1.807, 2.05) is 0 Å². The van der Waals surface area contributed by atoms with Gasteiger partial charge >= 0.3 is 0 Å². The maximum absolute atomic E-state index is 13.0. The lowest BCUT2D eigenvalue weighted by Crippen LogP contribution is -2.42. The van der Waals surface area contributed by atoms with Crippen LogP contribution in [-0.2, 0) is 4.79 Å². The quantitative estimate of drug-likeness (QED) is 0.924. The van der Waals surface area contributed by atoms with Crippen LogP contribution < -0.4 is 5.32 Å². The van der Waals surface area contributed by atoms with Crippen LogP contribution in [-0.4, -0.2) is 29.9 Å². The number of rotatable bonds is 3. The van der Waals surface area contributed by atoms with Gasteiger partial charge in [0.2, 0.25) is 5.91 Å². The second-order valence-corrected chi connectivity index (χ2v) is 5.40. The van der Waals surface area contributed by atoms with Gasteiger partial charge in [-0.1, -0.05) is 18.0 Å². The fraction of sp³-hybridized carbons (Fsp3) is 0.500. The van der Waals surface area contributed by atoms with Crippen LogP contribution in [0.25, 0.3) is 0 Å². The molecule has 0 spiro atoms. The molecule has 0 bridgehead atoms. The minimum atomic E-state index is -0.482. The maximum Gasteiger partial charge on any atom is 0.238 e. The number of anilines is 1. The second kappa shape index (κ2) is 6.35. The summed E-state index contributed by atoms with van der Waals surface area (Å²) in [6.07, 6.45) is 3.50. The monoisotopic (exact) mass is 284 g/mol. The molecule has 0 saturated carbocycles. The van der Waals surface area contributed by atoms with Gasteiger partial charge in [0, 0.05) is 11.7 Å². The first-order chi connectivity index (χ1) is 9.06. The normalized spacial score (nSPS) is 20.3. The van der Waals surface area contributed by atoms with Crippen LogP contribution in [0.2, 0.25) is 5.02 Å². The summed E-state index contributed by atoms with van der Waals surface area (Å²) >= 11 is 5.68. The van der Waals surface area contributed by atoms with E-state index in [2.05, 4.69) is 17.1 Å². The van der Waals surface area contributed by atoms with Crippen molar-refractivity contribution in [1.29, 1.82) is 0 Å². The number of nitrogens with zero attached hydrogens (tertiary/aromatic N) is 1. The number of amides is 1. The molecule has 5 heteroatoms. The molecule has 1 aliphatic heterocycles. The summed E-state index contributed by atoms with van der Waals surface area (Å²) in [5, 5.41) is 2.76. The Morgan fingerprint density at radius 1 is 1.53 bits per heavy atom. The predicted molar refractivity (Wildman–Crippen MR) is 74.9 cm³/mol. The molecule has 1 saturated heterocycles. The van der Waals surface area contributed by atoms with Crippen LogP contribution in [0.15, 0.2) is 18.2 Å². The Hall–Kier alpha value is -1.13. The summed E-state index contributed by atoms with van der Waals surface area (Å²) in [6.45, 7) is 3.47. The molecule has 3 nitrogen and oxygen atoms in total. The molecule has 0 unspecified atom stereocenters. The van der Waals surface area contributed by atoms with Crippen LogP contribution in [0, 0.1) is 5.82 Å². The highest BCUT2D eigenvalue weighted by Crippen LogP contribution is 2.20. The Morgan fingerprint density at radius 2 is 2.32 bits per heavy atom. The Bertz CT molecular complexity index is 467. The predicted octanol–water partition coefficient (Wildman–Crippen LogP) is 3.29. The maximum atomic E-state index is 13.0. The van der Waals surface area contributed by atoms with Gasteiger partial charge in [0.05, 0.1) is 11.6 Å². The van der Waals surface area contributed by atoms with Crippen molar-refractivity contribution in [3.8, 4) is 0 Å². The zero-order chi connectivity index (χ0) is 13.8. The zero-order valence-electron chi connectivity index (χ0n) is 11.0. The number of piperidine rings is 1. The molecule has 1 heterocycles. The van der Waals surface area contributed by atoms with Crippen molar-refractivity contribution in [2.75, 3.05) is 18.4 Å². The number of carbonyl (C=O) groups excluding carboxylic acids is 1. The molecule has 1 fully saturated rings. The first-order valence-electron chi connectivity index (χ1n) is 6.55. The fourth-order valence-corrected chi connectivity index (χ4v) is 2.53. The van der Waals surface area contributed by atoms with E-state index in [0.29, 0.717) is 18.3 Å². The molecule has 104 valence electrons. The summed E-state index contributed by atoms with van der Waals surface area (Å²) in [5.41, 5.74) is 0.529. The number of likely N-dealkylation sites (tertiary alicyclic amines) is 1. The molecule has 2 rings (SSSR count). The highest BCUT2D eigenvalue weighted by Gasteiger charge is 2.20. The standard InChI is InChI=1S/C14H18ClFN2O/c1-10-4-2-3-7-18(10)9-14(19)17-11-5-6-13(16)12(15)8-11/h5-6,8,10H,2-4,7,9H2,1H3,(H,17,19)/t10-/m0/s1. The van der Waals surface area contributed by atoms with Crippen molar-refractivity contribution in [3.63, 3.8) is 0 Å². The Kier molecular flexibility index (Phi) is 4.77. The highest BCUT2D eigenvalue weighted by molar-refractivity contribution is 6.31. The first-order valence-corrected chi connectivity index (χ1v) is 6.93. The van der Waals surface area contributed by atoms with Gasteiger partial charge in [0.15, 0.2) is 0 Å². The van der Waals surface area contributed by atoms with Crippen molar-refractivity contribution in [3.05, 3.63) is 29.0 Å². The SMILES string of the molecule is C[C@H]1CCCCN1CC(=O)Nc1ccc(F)c(Cl)c1. The van der Waals surface area contributed by atoms with Crippen molar-refractivity contribution < 1.29 is 9.18 Å². The van der Waals surface area contributed by atoms with E-state index >= 15 is 0 Å². The number of hydrogen-bond donors (Lipinski definition) is 1. The minimum Gasteiger partial charge on any atom is -0.325 e. The van der Waals surface area contributed by atoms with E-state index in [-0.39, 0.29) is 10.9 Å². The first kappa shape index (κ1) is 14.3. The molecular weight excluding hydrogens is 267 g/mol. The molecule has 19 heavy (non-hydrogen) atoms. The van der Waals surface area contributed by atoms with E-state index < -0.39 is 5.82 Å². The van der Waals surface area contributed by atoms with Gasteiger partial charge in [-0.3, -0.25) is 9.69 Å². The second-order valence-electron chi connectivity index (χ2n) is 4.99. The number of hydrogen-bond acceptors (Lipinski definition) is 2. The van der Waals surface area contributed by atoms with Gasteiger partial charge < -0.3 is 5.32 Å². The molecule has 1 aromatic rings.